The van der Waals surface area contributed by atoms with Crippen LogP contribution in [0.4, 0.5) is 11.4 Å². The third-order valence-electron chi connectivity index (χ3n) is 5.44. The van der Waals surface area contributed by atoms with Gasteiger partial charge in [0.05, 0.1) is 31.8 Å². The molecule has 4 rings (SSSR count). The van der Waals surface area contributed by atoms with Crippen LogP contribution in [0.2, 0.25) is 0 Å². The standard InChI is InChI=1S/C18H25N2O7P.C10H9N2O7P/c1-17(2,3)26-28(23,27-18(4,5)6)25-12-24-15-10-9-14(20(21)22)13-8-7-11-19-16(13)15;13-12(14)8-3-4-9(18-6-19-20(15,16)17)10-7(8)2-1-5-11-10/h7-11H,12H2,1-6H3;1-5H,6H2,(H2,15,16,17). The number of nitro benzene ring substituents is 2. The number of phosphoric acid groups is 2. The van der Waals surface area contributed by atoms with Crippen molar-refractivity contribution in [3.8, 4) is 11.5 Å². The third kappa shape index (κ3) is 11.5. The molecule has 0 saturated heterocycles. The van der Waals surface area contributed by atoms with Gasteiger partial charge < -0.3 is 19.3 Å². The molecular formula is C28H34N4O14P2. The second-order valence-electron chi connectivity index (χ2n) is 11.6. The van der Waals surface area contributed by atoms with E-state index in [0.717, 1.165) is 0 Å². The largest absolute Gasteiger partial charge is 0.478 e. The molecule has 0 saturated carbocycles. The third-order valence-corrected chi connectivity index (χ3v) is 7.85. The van der Waals surface area contributed by atoms with Crippen LogP contribution in [-0.4, -0.2) is 54.4 Å². The van der Waals surface area contributed by atoms with Gasteiger partial charge in [-0.2, -0.15) is 0 Å². The van der Waals surface area contributed by atoms with Gasteiger partial charge in [0.1, 0.15) is 22.5 Å². The predicted octanol–water partition coefficient (Wildman–Crippen LogP) is 6.82. The Labute approximate surface area is 274 Å². The lowest BCUT2D eigenvalue weighted by atomic mass is 10.1. The van der Waals surface area contributed by atoms with Crippen LogP contribution >= 0.6 is 15.6 Å². The highest BCUT2D eigenvalue weighted by Gasteiger charge is 2.37. The minimum absolute atomic E-state index is 0.0887. The number of pyridine rings is 2. The van der Waals surface area contributed by atoms with Gasteiger partial charge in [0.15, 0.2) is 13.6 Å². The first-order valence-electron chi connectivity index (χ1n) is 13.8. The molecule has 20 heteroatoms. The summed E-state index contributed by atoms with van der Waals surface area (Å²) in [6.45, 7) is 9.20. The van der Waals surface area contributed by atoms with Gasteiger partial charge in [0, 0.05) is 24.5 Å². The van der Waals surface area contributed by atoms with Gasteiger partial charge in [-0.15, -0.1) is 0 Å². The maximum atomic E-state index is 13.0. The summed E-state index contributed by atoms with van der Waals surface area (Å²) in [5, 5.41) is 22.6. The number of benzene rings is 2. The Morgan fingerprint density at radius 1 is 0.688 bits per heavy atom. The number of nitro groups is 2. The van der Waals surface area contributed by atoms with Gasteiger partial charge in [0.25, 0.3) is 11.4 Å². The number of phosphoric ester groups is 2. The van der Waals surface area contributed by atoms with Crippen molar-refractivity contribution < 1.29 is 56.3 Å². The second-order valence-corrected chi connectivity index (χ2v) is 14.4. The SMILES string of the molecule is CC(C)(C)OP(=O)(OCOc1ccc([N+](=O)[O-])c2cccnc12)OC(C)(C)C.O=[N+]([O-])c1ccc(OCOP(=O)(O)O)c2ncccc12. The fraction of sp³-hybridized carbons (Fsp3) is 0.357. The molecule has 0 bridgehead atoms. The number of hydrogen-bond donors (Lipinski definition) is 2. The topological polar surface area (TPSA) is 242 Å². The van der Waals surface area contributed by atoms with Crippen LogP contribution in [0.1, 0.15) is 41.5 Å². The summed E-state index contributed by atoms with van der Waals surface area (Å²) in [4.78, 5) is 46.2. The molecule has 2 N–H and O–H groups in total. The van der Waals surface area contributed by atoms with E-state index >= 15 is 0 Å². The Hall–Kier alpha value is -4.12. The van der Waals surface area contributed by atoms with Crippen molar-refractivity contribution in [1.29, 1.82) is 0 Å². The van der Waals surface area contributed by atoms with Crippen LogP contribution in [0.3, 0.4) is 0 Å². The summed E-state index contributed by atoms with van der Waals surface area (Å²) in [5.74, 6) is 0.374. The van der Waals surface area contributed by atoms with E-state index in [2.05, 4.69) is 14.5 Å². The normalized spacial score (nSPS) is 12.3. The molecule has 48 heavy (non-hydrogen) atoms. The lowest BCUT2D eigenvalue weighted by molar-refractivity contribution is -0.383. The van der Waals surface area contributed by atoms with Crippen molar-refractivity contribution in [3.05, 3.63) is 81.2 Å². The van der Waals surface area contributed by atoms with E-state index in [1.54, 1.807) is 53.7 Å². The summed E-state index contributed by atoms with van der Waals surface area (Å²) in [6.07, 6.45) is 2.92. The Balaban J connectivity index is 0.000000275. The number of rotatable bonds is 12. The fourth-order valence-electron chi connectivity index (χ4n) is 3.87. The molecule has 0 unspecified atom stereocenters. The van der Waals surface area contributed by atoms with Crippen LogP contribution in [0.25, 0.3) is 21.8 Å². The van der Waals surface area contributed by atoms with Crippen LogP contribution < -0.4 is 9.47 Å². The second kappa shape index (κ2) is 15.4. The molecule has 4 aromatic rings. The Kier molecular flexibility index (Phi) is 12.3. The van der Waals surface area contributed by atoms with Crippen LogP contribution in [0.5, 0.6) is 11.5 Å². The highest BCUT2D eigenvalue weighted by Crippen LogP contribution is 2.55. The molecule has 260 valence electrons. The molecule has 2 aromatic carbocycles. The molecular weight excluding hydrogens is 678 g/mol. The van der Waals surface area contributed by atoms with Crippen molar-refractivity contribution in [2.24, 2.45) is 0 Å². The number of hydrogen-bond acceptors (Lipinski definition) is 14. The molecule has 0 radical (unpaired) electrons. The summed E-state index contributed by atoms with van der Waals surface area (Å²) < 4.78 is 54.6. The van der Waals surface area contributed by atoms with E-state index in [-0.39, 0.29) is 33.8 Å². The number of nitrogens with zero attached hydrogens (tertiary/aromatic N) is 4. The number of aromatic nitrogens is 2. The molecule has 0 fully saturated rings. The van der Waals surface area contributed by atoms with E-state index in [9.17, 15) is 29.4 Å². The van der Waals surface area contributed by atoms with E-state index in [4.69, 9.17) is 32.8 Å². The lowest BCUT2D eigenvalue weighted by Gasteiger charge is -2.30. The molecule has 0 spiro atoms. The molecule has 2 aromatic heterocycles. The van der Waals surface area contributed by atoms with Crippen molar-refractivity contribution in [2.45, 2.75) is 52.7 Å². The van der Waals surface area contributed by atoms with Gasteiger partial charge in [-0.25, -0.2) is 18.2 Å². The zero-order valence-electron chi connectivity index (χ0n) is 26.7. The highest BCUT2D eigenvalue weighted by atomic mass is 31.2. The van der Waals surface area contributed by atoms with Gasteiger partial charge in [0.2, 0.25) is 0 Å². The van der Waals surface area contributed by atoms with Gasteiger partial charge in [-0.1, -0.05) is 0 Å². The molecule has 0 aliphatic carbocycles. The molecule has 0 amide bonds. The first kappa shape index (κ1) is 38.3. The minimum Gasteiger partial charge on any atom is -0.465 e. The average Bonchev–Trinajstić information content (AvgIpc) is 2.94. The Bertz CT molecular complexity index is 1850. The highest BCUT2D eigenvalue weighted by molar-refractivity contribution is 7.48. The maximum Gasteiger partial charge on any atom is 0.478 e. The number of non-ortho nitro benzene ring substituents is 2. The lowest BCUT2D eigenvalue weighted by Crippen LogP contribution is -2.25. The summed E-state index contributed by atoms with van der Waals surface area (Å²) >= 11 is 0. The maximum absolute atomic E-state index is 13.0. The monoisotopic (exact) mass is 712 g/mol. The van der Waals surface area contributed by atoms with Crippen LogP contribution in [0.15, 0.2) is 60.9 Å². The van der Waals surface area contributed by atoms with Crippen LogP contribution in [0, 0.1) is 20.2 Å². The summed E-state index contributed by atoms with van der Waals surface area (Å²) in [7, 11) is -8.58. The fourth-order valence-corrected chi connectivity index (χ4v) is 5.73. The van der Waals surface area contributed by atoms with Crippen molar-refractivity contribution in [3.63, 3.8) is 0 Å². The van der Waals surface area contributed by atoms with Crippen molar-refractivity contribution in [1.82, 2.24) is 9.97 Å². The molecule has 0 aliphatic heterocycles. The first-order chi connectivity index (χ1) is 22.2. The first-order valence-corrected chi connectivity index (χ1v) is 16.8. The quantitative estimate of drug-likeness (QED) is 0.0662. The van der Waals surface area contributed by atoms with Crippen molar-refractivity contribution in [2.75, 3.05) is 13.6 Å². The van der Waals surface area contributed by atoms with E-state index in [1.807, 2.05) is 0 Å². The van der Waals surface area contributed by atoms with Crippen molar-refractivity contribution >= 4 is 48.8 Å². The zero-order valence-corrected chi connectivity index (χ0v) is 28.5. The average molecular weight is 713 g/mol. The van der Waals surface area contributed by atoms with E-state index < -0.39 is 50.3 Å². The number of fused-ring (bicyclic) bond motifs is 2. The van der Waals surface area contributed by atoms with Gasteiger partial charge in [-0.05, 0) is 77.9 Å². The minimum atomic E-state index is -4.64. The summed E-state index contributed by atoms with van der Waals surface area (Å²) in [5.41, 5.74) is -1.28. The van der Waals surface area contributed by atoms with Gasteiger partial charge in [-0.3, -0.25) is 39.2 Å². The zero-order chi connectivity index (χ0) is 35.9. The predicted molar refractivity (Wildman–Crippen MR) is 171 cm³/mol. The number of ether oxygens (including phenoxy) is 2. The van der Waals surface area contributed by atoms with E-state index in [1.165, 1.54) is 48.8 Å². The Morgan fingerprint density at radius 2 is 1.08 bits per heavy atom. The molecule has 0 aliphatic rings. The molecule has 0 atom stereocenters. The van der Waals surface area contributed by atoms with E-state index in [0.29, 0.717) is 10.9 Å². The van der Waals surface area contributed by atoms with Crippen LogP contribution in [-0.2, 0) is 27.2 Å². The van der Waals surface area contributed by atoms with Gasteiger partial charge >= 0.3 is 15.6 Å². The summed E-state index contributed by atoms with van der Waals surface area (Å²) in [6, 6.07) is 11.4. The Morgan fingerprint density at radius 3 is 1.44 bits per heavy atom. The molecule has 2 heterocycles. The smallest absolute Gasteiger partial charge is 0.465 e. The molecule has 18 nitrogen and oxygen atoms in total.